The molecule has 2 N–H and O–H groups in total. The molecule has 0 fully saturated rings. The number of carbonyl (C=O) groups excluding carboxylic acids is 1. The maximum absolute atomic E-state index is 12.4. The molecule has 1 aliphatic heterocycles. The molecule has 0 saturated carbocycles. The molecule has 7 nitrogen and oxygen atoms in total. The summed E-state index contributed by atoms with van der Waals surface area (Å²) < 4.78 is 7.02. The standard InChI is InChI=1S/C18H25N5O2/c1-3-25-18(24)17-15-12-21-13(2)10-16(15)22-23(17)9-8-19-11-14-6-4-5-7-20-14/h4-7,13,19,21H,3,8-12H2,1-2H3/t13-/m1/s1. The number of hydrogen-bond acceptors (Lipinski definition) is 6. The fourth-order valence-corrected chi connectivity index (χ4v) is 3.03. The molecule has 3 rings (SSSR count). The Morgan fingerprint density at radius 1 is 1.48 bits per heavy atom. The van der Waals surface area contributed by atoms with Crippen molar-refractivity contribution in [3.8, 4) is 0 Å². The van der Waals surface area contributed by atoms with Gasteiger partial charge in [0.2, 0.25) is 0 Å². The summed E-state index contributed by atoms with van der Waals surface area (Å²) in [5.74, 6) is -0.294. The van der Waals surface area contributed by atoms with Crippen molar-refractivity contribution in [1.82, 2.24) is 25.4 Å². The lowest BCUT2D eigenvalue weighted by atomic mass is 10.0. The number of carbonyl (C=O) groups is 1. The molecule has 0 bridgehead atoms. The fourth-order valence-electron chi connectivity index (χ4n) is 3.03. The van der Waals surface area contributed by atoms with Crippen LogP contribution in [0.15, 0.2) is 24.4 Å². The largest absolute Gasteiger partial charge is 0.461 e. The zero-order valence-corrected chi connectivity index (χ0v) is 14.8. The number of esters is 1. The quantitative estimate of drug-likeness (QED) is 0.582. The Labute approximate surface area is 147 Å². The minimum absolute atomic E-state index is 0.294. The third-order valence-corrected chi connectivity index (χ3v) is 4.26. The topological polar surface area (TPSA) is 81.1 Å². The Balaban J connectivity index is 1.68. The number of nitrogens with zero attached hydrogens (tertiary/aromatic N) is 3. The zero-order chi connectivity index (χ0) is 17.6. The molecule has 2 aromatic heterocycles. The van der Waals surface area contributed by atoms with Crippen molar-refractivity contribution in [1.29, 1.82) is 0 Å². The predicted octanol–water partition coefficient (Wildman–Crippen LogP) is 1.28. The van der Waals surface area contributed by atoms with E-state index >= 15 is 0 Å². The van der Waals surface area contributed by atoms with Gasteiger partial charge in [-0.1, -0.05) is 6.07 Å². The first kappa shape index (κ1) is 17.6. The van der Waals surface area contributed by atoms with E-state index in [1.54, 1.807) is 10.9 Å². The summed E-state index contributed by atoms with van der Waals surface area (Å²) in [5.41, 5.74) is 3.54. The molecule has 1 aliphatic rings. The van der Waals surface area contributed by atoms with Crippen LogP contribution in [-0.4, -0.2) is 39.9 Å². The van der Waals surface area contributed by atoms with Crippen LogP contribution in [0.4, 0.5) is 0 Å². The van der Waals surface area contributed by atoms with Crippen LogP contribution in [0.5, 0.6) is 0 Å². The number of pyridine rings is 1. The van der Waals surface area contributed by atoms with Gasteiger partial charge in [-0.2, -0.15) is 5.10 Å². The van der Waals surface area contributed by atoms with Gasteiger partial charge in [-0.15, -0.1) is 0 Å². The highest BCUT2D eigenvalue weighted by Gasteiger charge is 2.27. The number of aromatic nitrogens is 3. The van der Waals surface area contributed by atoms with E-state index in [-0.39, 0.29) is 5.97 Å². The maximum atomic E-state index is 12.4. The third-order valence-electron chi connectivity index (χ3n) is 4.26. The van der Waals surface area contributed by atoms with Crippen molar-refractivity contribution in [2.75, 3.05) is 13.2 Å². The normalized spacial score (nSPS) is 16.5. The van der Waals surface area contributed by atoms with E-state index < -0.39 is 0 Å². The van der Waals surface area contributed by atoms with Gasteiger partial charge in [0.25, 0.3) is 0 Å². The molecule has 7 heteroatoms. The molecule has 0 spiro atoms. The van der Waals surface area contributed by atoms with Crippen molar-refractivity contribution in [2.24, 2.45) is 0 Å². The fraction of sp³-hybridized carbons (Fsp3) is 0.500. The Morgan fingerprint density at radius 3 is 3.12 bits per heavy atom. The van der Waals surface area contributed by atoms with Crippen LogP contribution in [0, 0.1) is 0 Å². The van der Waals surface area contributed by atoms with Crippen molar-refractivity contribution < 1.29 is 9.53 Å². The number of nitrogens with one attached hydrogen (secondary N) is 2. The highest BCUT2D eigenvalue weighted by molar-refractivity contribution is 5.89. The minimum Gasteiger partial charge on any atom is -0.461 e. The SMILES string of the molecule is CCOC(=O)c1c2c(nn1CCNCc1ccccn1)C[C@@H](C)NC2. The third kappa shape index (κ3) is 4.24. The molecule has 134 valence electrons. The predicted molar refractivity (Wildman–Crippen MR) is 94.1 cm³/mol. The molecule has 0 amide bonds. The molecular formula is C18H25N5O2. The van der Waals surface area contributed by atoms with Crippen LogP contribution in [0.25, 0.3) is 0 Å². The molecule has 3 heterocycles. The molecule has 1 atom stereocenters. The second kappa shape index (κ2) is 8.22. The van der Waals surface area contributed by atoms with Gasteiger partial charge < -0.3 is 15.4 Å². The molecule has 0 aromatic carbocycles. The molecule has 0 unspecified atom stereocenters. The Morgan fingerprint density at radius 2 is 2.36 bits per heavy atom. The van der Waals surface area contributed by atoms with Crippen molar-refractivity contribution in [3.05, 3.63) is 47.0 Å². The smallest absolute Gasteiger partial charge is 0.356 e. The summed E-state index contributed by atoms with van der Waals surface area (Å²) in [4.78, 5) is 16.7. The number of ether oxygens (including phenoxy) is 1. The van der Waals surface area contributed by atoms with Crippen molar-refractivity contribution in [2.45, 2.75) is 45.9 Å². The van der Waals surface area contributed by atoms with Crippen LogP contribution in [0.1, 0.15) is 41.3 Å². The second-order valence-corrected chi connectivity index (χ2v) is 6.20. The molecular weight excluding hydrogens is 318 g/mol. The van der Waals surface area contributed by atoms with E-state index in [4.69, 9.17) is 4.74 Å². The zero-order valence-electron chi connectivity index (χ0n) is 14.8. The van der Waals surface area contributed by atoms with Crippen LogP contribution in [0.3, 0.4) is 0 Å². The Hall–Kier alpha value is -2.25. The van der Waals surface area contributed by atoms with E-state index in [1.807, 2.05) is 25.1 Å². The summed E-state index contributed by atoms with van der Waals surface area (Å²) in [5, 5.41) is 11.4. The first-order chi connectivity index (χ1) is 12.2. The van der Waals surface area contributed by atoms with Gasteiger partial charge in [0.15, 0.2) is 5.69 Å². The molecule has 25 heavy (non-hydrogen) atoms. The average molecular weight is 343 g/mol. The monoisotopic (exact) mass is 343 g/mol. The first-order valence-electron chi connectivity index (χ1n) is 8.78. The first-order valence-corrected chi connectivity index (χ1v) is 8.78. The van der Waals surface area contributed by atoms with E-state index in [2.05, 4.69) is 27.6 Å². The molecule has 0 radical (unpaired) electrons. The second-order valence-electron chi connectivity index (χ2n) is 6.20. The Kier molecular flexibility index (Phi) is 5.78. The van der Waals surface area contributed by atoms with E-state index in [9.17, 15) is 4.79 Å². The van der Waals surface area contributed by atoms with E-state index in [1.165, 1.54) is 0 Å². The maximum Gasteiger partial charge on any atom is 0.356 e. The van der Waals surface area contributed by atoms with Crippen LogP contribution >= 0.6 is 0 Å². The van der Waals surface area contributed by atoms with Crippen molar-refractivity contribution >= 4 is 5.97 Å². The Bertz CT molecular complexity index is 714. The summed E-state index contributed by atoms with van der Waals surface area (Å²) in [6, 6.07) is 6.22. The molecule has 2 aromatic rings. The van der Waals surface area contributed by atoms with Gasteiger partial charge >= 0.3 is 5.97 Å². The van der Waals surface area contributed by atoms with Crippen LogP contribution in [0.2, 0.25) is 0 Å². The minimum atomic E-state index is -0.294. The van der Waals surface area contributed by atoms with E-state index in [0.29, 0.717) is 44.5 Å². The van der Waals surface area contributed by atoms with Crippen molar-refractivity contribution in [3.63, 3.8) is 0 Å². The highest BCUT2D eigenvalue weighted by atomic mass is 16.5. The van der Waals surface area contributed by atoms with E-state index in [0.717, 1.165) is 23.4 Å². The summed E-state index contributed by atoms with van der Waals surface area (Å²) >= 11 is 0. The average Bonchev–Trinajstić information content (AvgIpc) is 2.97. The summed E-state index contributed by atoms with van der Waals surface area (Å²) in [6.45, 7) is 6.97. The van der Waals surface area contributed by atoms with Gasteiger partial charge in [0.1, 0.15) is 0 Å². The number of hydrogen-bond donors (Lipinski definition) is 2. The van der Waals surface area contributed by atoms with Gasteiger partial charge in [-0.05, 0) is 26.0 Å². The van der Waals surface area contributed by atoms with Crippen LogP contribution < -0.4 is 10.6 Å². The van der Waals surface area contributed by atoms with Crippen LogP contribution in [-0.2, 0) is 30.8 Å². The lowest BCUT2D eigenvalue weighted by molar-refractivity contribution is 0.0510. The number of rotatable bonds is 7. The highest BCUT2D eigenvalue weighted by Crippen LogP contribution is 2.21. The van der Waals surface area contributed by atoms with Gasteiger partial charge in [0, 0.05) is 43.9 Å². The molecule has 0 saturated heterocycles. The molecule has 0 aliphatic carbocycles. The van der Waals surface area contributed by atoms with Gasteiger partial charge in [-0.25, -0.2) is 4.79 Å². The lowest BCUT2D eigenvalue weighted by Gasteiger charge is -2.19. The van der Waals surface area contributed by atoms with Gasteiger partial charge in [-0.3, -0.25) is 9.67 Å². The number of fused-ring (bicyclic) bond motifs is 1. The lowest BCUT2D eigenvalue weighted by Crippen LogP contribution is -2.33. The summed E-state index contributed by atoms with van der Waals surface area (Å²) in [7, 11) is 0. The van der Waals surface area contributed by atoms with Gasteiger partial charge in [0.05, 0.1) is 24.5 Å². The summed E-state index contributed by atoms with van der Waals surface area (Å²) in [6.07, 6.45) is 2.61.